The summed E-state index contributed by atoms with van der Waals surface area (Å²) >= 11 is 0. The minimum Gasteiger partial charge on any atom is -0.349 e. The van der Waals surface area contributed by atoms with Crippen LogP contribution < -0.4 is 26.2 Å². The average molecular weight is 525 g/mol. The maximum Gasteiger partial charge on any atom is 0.242 e. The number of hydrogen-bond donors (Lipinski definition) is 5. The van der Waals surface area contributed by atoms with Gasteiger partial charge in [0.2, 0.25) is 26.0 Å². The fourth-order valence-electron chi connectivity index (χ4n) is 4.47. The second-order valence-electron chi connectivity index (χ2n) is 8.50. The minimum absolute atomic E-state index is 0.0155. The first kappa shape index (κ1) is 25.5. The molecule has 3 aliphatic rings. The van der Waals surface area contributed by atoms with Crippen molar-refractivity contribution < 1.29 is 21.6 Å². The van der Waals surface area contributed by atoms with Gasteiger partial charge in [0, 0.05) is 24.2 Å². The molecule has 190 valence electrons. The van der Waals surface area contributed by atoms with E-state index in [2.05, 4.69) is 30.6 Å². The van der Waals surface area contributed by atoms with E-state index in [1.54, 1.807) is 0 Å². The summed E-state index contributed by atoms with van der Waals surface area (Å²) in [7, 11) is -8.80. The molecule has 35 heavy (non-hydrogen) atoms. The lowest BCUT2D eigenvalue weighted by Gasteiger charge is -2.25. The number of azo groups is 1. The number of carbonyl (C=O) groups excluding carboxylic acids is 1. The molecule has 1 aromatic carbocycles. The zero-order chi connectivity index (χ0) is 25.2. The highest BCUT2D eigenvalue weighted by Gasteiger charge is 2.34. The molecule has 4 rings (SSSR count). The molecule has 1 saturated heterocycles. The van der Waals surface area contributed by atoms with Gasteiger partial charge in [-0.3, -0.25) is 4.79 Å². The maximum absolute atomic E-state index is 13.3. The van der Waals surface area contributed by atoms with Gasteiger partial charge in [0.1, 0.15) is 9.79 Å². The number of carbonyl (C=O) groups is 1. The standard InChI is InChI=1S/C20H28N8O5S2/c21-9-17(29)26-13-3-1-2-12(8-13)15-4-5-16(35(32,33)28-14-6-7-23-10-14)19(34(22,30)31)18(15)20-24-11-25-27-20/h4-5,8,13-14,23,28H,1-3,6-7,9-11,21H2,(H,26,29)(H2,22,30,31)/t13?,14-/m1/s1. The first-order chi connectivity index (χ1) is 16.6. The summed E-state index contributed by atoms with van der Waals surface area (Å²) in [5, 5.41) is 19.2. The van der Waals surface area contributed by atoms with Crippen LogP contribution >= 0.6 is 0 Å². The highest BCUT2D eigenvalue weighted by molar-refractivity contribution is 7.92. The molecule has 2 aliphatic heterocycles. The SMILES string of the molecule is NCC(=O)NC1C=C(c2ccc(S(=O)(=O)N[C@@H]3CCNC3)c(S(N)(=O)=O)c2C2=NCN=N2)CCC1. The van der Waals surface area contributed by atoms with Gasteiger partial charge in [-0.1, -0.05) is 12.1 Å². The molecule has 0 spiro atoms. The van der Waals surface area contributed by atoms with Crippen LogP contribution in [0.3, 0.4) is 0 Å². The molecule has 1 amide bonds. The van der Waals surface area contributed by atoms with E-state index >= 15 is 0 Å². The molecule has 2 heterocycles. The minimum atomic E-state index is -4.55. The molecule has 0 aromatic heterocycles. The average Bonchev–Trinajstić information content (AvgIpc) is 3.52. The van der Waals surface area contributed by atoms with Gasteiger partial charge in [0.05, 0.1) is 6.54 Å². The fraction of sp³-hybridized carbons (Fsp3) is 0.500. The first-order valence-electron chi connectivity index (χ1n) is 11.2. The summed E-state index contributed by atoms with van der Waals surface area (Å²) in [6, 6.07) is 2.07. The Labute approximate surface area is 203 Å². The molecule has 1 aliphatic carbocycles. The molecule has 15 heteroatoms. The zero-order valence-corrected chi connectivity index (χ0v) is 20.5. The van der Waals surface area contributed by atoms with Crippen LogP contribution in [0.25, 0.3) is 5.57 Å². The van der Waals surface area contributed by atoms with Crippen LogP contribution in [0.4, 0.5) is 0 Å². The van der Waals surface area contributed by atoms with Crippen molar-refractivity contribution in [1.82, 2.24) is 15.4 Å². The van der Waals surface area contributed by atoms with E-state index in [0.29, 0.717) is 49.9 Å². The number of rotatable bonds is 8. The Kier molecular flexibility index (Phi) is 7.44. The van der Waals surface area contributed by atoms with Crippen molar-refractivity contribution >= 4 is 37.4 Å². The van der Waals surface area contributed by atoms with Crippen molar-refractivity contribution in [2.75, 3.05) is 26.3 Å². The lowest BCUT2D eigenvalue weighted by molar-refractivity contribution is -0.120. The second kappa shape index (κ2) is 10.2. The van der Waals surface area contributed by atoms with E-state index in [1.165, 1.54) is 12.1 Å². The Morgan fingerprint density at radius 1 is 1.20 bits per heavy atom. The molecule has 0 radical (unpaired) electrons. The molecular weight excluding hydrogens is 496 g/mol. The maximum atomic E-state index is 13.3. The first-order valence-corrected chi connectivity index (χ1v) is 14.2. The summed E-state index contributed by atoms with van der Waals surface area (Å²) in [5.41, 5.74) is 6.52. The molecule has 0 saturated carbocycles. The van der Waals surface area contributed by atoms with Crippen molar-refractivity contribution in [3.63, 3.8) is 0 Å². The van der Waals surface area contributed by atoms with Gasteiger partial charge >= 0.3 is 0 Å². The molecule has 1 fully saturated rings. The lowest BCUT2D eigenvalue weighted by Crippen LogP contribution is -2.38. The van der Waals surface area contributed by atoms with Crippen LogP contribution in [0.5, 0.6) is 0 Å². The number of allylic oxidation sites excluding steroid dienone is 1. The Balaban J connectivity index is 1.89. The monoisotopic (exact) mass is 524 g/mol. The van der Waals surface area contributed by atoms with Gasteiger partial charge < -0.3 is 16.4 Å². The Morgan fingerprint density at radius 2 is 2.00 bits per heavy atom. The highest BCUT2D eigenvalue weighted by Crippen LogP contribution is 2.36. The van der Waals surface area contributed by atoms with Crippen LogP contribution in [0.1, 0.15) is 36.8 Å². The number of nitrogens with one attached hydrogen (secondary N) is 3. The van der Waals surface area contributed by atoms with E-state index in [-0.39, 0.29) is 42.6 Å². The Hall–Kier alpha value is -2.56. The van der Waals surface area contributed by atoms with Crippen molar-refractivity contribution in [2.45, 2.75) is 47.6 Å². The number of hydrogen-bond acceptors (Lipinski definition) is 10. The zero-order valence-electron chi connectivity index (χ0n) is 18.9. The van der Waals surface area contributed by atoms with Gasteiger partial charge in [-0.15, -0.1) is 5.11 Å². The molecule has 1 aromatic rings. The van der Waals surface area contributed by atoms with Gasteiger partial charge in [-0.25, -0.2) is 31.7 Å². The topological polar surface area (TPSA) is 211 Å². The van der Waals surface area contributed by atoms with Crippen LogP contribution in [0.15, 0.2) is 43.2 Å². The number of aliphatic imine (C=N–C) groups is 1. The van der Waals surface area contributed by atoms with Crippen molar-refractivity contribution in [3.8, 4) is 0 Å². The third kappa shape index (κ3) is 5.65. The number of amidine groups is 1. The number of nitrogens with two attached hydrogens (primary N) is 2. The van der Waals surface area contributed by atoms with Gasteiger partial charge in [0.25, 0.3) is 0 Å². The van der Waals surface area contributed by atoms with Crippen LogP contribution in [0, 0.1) is 0 Å². The quantitative estimate of drug-likeness (QED) is 0.290. The van der Waals surface area contributed by atoms with E-state index in [0.717, 1.165) is 0 Å². The highest BCUT2D eigenvalue weighted by atomic mass is 32.2. The summed E-state index contributed by atoms with van der Waals surface area (Å²) < 4.78 is 54.8. The molecule has 13 nitrogen and oxygen atoms in total. The summed E-state index contributed by atoms with van der Waals surface area (Å²) in [6.45, 7) is 0.898. The van der Waals surface area contributed by atoms with Crippen LogP contribution in [-0.2, 0) is 24.8 Å². The van der Waals surface area contributed by atoms with Gasteiger partial charge in [-0.2, -0.15) is 5.11 Å². The number of benzene rings is 1. The third-order valence-electron chi connectivity index (χ3n) is 5.99. The predicted molar refractivity (Wildman–Crippen MR) is 128 cm³/mol. The third-order valence-corrected chi connectivity index (χ3v) is 8.68. The smallest absolute Gasteiger partial charge is 0.242 e. The molecule has 7 N–H and O–H groups in total. The van der Waals surface area contributed by atoms with Gasteiger partial charge in [0.15, 0.2) is 12.5 Å². The number of primary sulfonamides is 1. The normalized spacial score (nSPS) is 22.7. The molecule has 0 bridgehead atoms. The van der Waals surface area contributed by atoms with Crippen molar-refractivity contribution in [3.05, 3.63) is 29.3 Å². The summed E-state index contributed by atoms with van der Waals surface area (Å²) in [4.78, 5) is 14.9. The van der Waals surface area contributed by atoms with Crippen molar-refractivity contribution in [1.29, 1.82) is 0 Å². The fourth-order valence-corrected chi connectivity index (χ4v) is 7.34. The summed E-state index contributed by atoms with van der Waals surface area (Å²) in [6.07, 6.45) is 4.33. The van der Waals surface area contributed by atoms with E-state index < -0.39 is 29.8 Å². The number of nitrogens with zero attached hydrogens (tertiary/aromatic N) is 3. The lowest BCUT2D eigenvalue weighted by atomic mass is 9.88. The predicted octanol–water partition coefficient (Wildman–Crippen LogP) is -0.845. The van der Waals surface area contributed by atoms with Crippen molar-refractivity contribution in [2.24, 2.45) is 26.1 Å². The van der Waals surface area contributed by atoms with Crippen LogP contribution in [0.2, 0.25) is 0 Å². The Morgan fingerprint density at radius 3 is 2.63 bits per heavy atom. The van der Waals surface area contributed by atoms with E-state index in [4.69, 9.17) is 10.9 Å². The van der Waals surface area contributed by atoms with Crippen LogP contribution in [-0.4, -0.2) is 67.0 Å². The van der Waals surface area contributed by atoms with E-state index in [1.807, 2.05) is 6.08 Å². The number of sulfonamides is 2. The van der Waals surface area contributed by atoms with E-state index in [9.17, 15) is 21.6 Å². The largest absolute Gasteiger partial charge is 0.349 e. The molecule has 2 atom stereocenters. The number of amides is 1. The molecule has 1 unspecified atom stereocenters. The second-order valence-corrected chi connectivity index (χ2v) is 11.7. The van der Waals surface area contributed by atoms with Gasteiger partial charge in [-0.05, 0) is 49.4 Å². The Bertz CT molecular complexity index is 1310. The molecular formula is C20H28N8O5S2. The summed E-state index contributed by atoms with van der Waals surface area (Å²) in [5.74, 6) is -0.335.